The third kappa shape index (κ3) is 2.86. The molecule has 7 nitrogen and oxygen atoms in total. The van der Waals surface area contributed by atoms with Crippen molar-refractivity contribution in [2.45, 2.75) is 38.9 Å². The topological polar surface area (TPSA) is 78.7 Å². The number of hydrogen-bond acceptors (Lipinski definition) is 4. The van der Waals surface area contributed by atoms with E-state index in [2.05, 4.69) is 29.6 Å². The Bertz CT molecular complexity index is 875. The Morgan fingerprint density at radius 3 is 2.81 bits per heavy atom. The molecule has 138 valence electrons. The lowest BCUT2D eigenvalue weighted by Gasteiger charge is -2.38. The van der Waals surface area contributed by atoms with Crippen molar-refractivity contribution in [3.63, 3.8) is 0 Å². The fourth-order valence-electron chi connectivity index (χ4n) is 4.21. The molecule has 7 heteroatoms. The van der Waals surface area contributed by atoms with Crippen molar-refractivity contribution in [2.75, 3.05) is 20.1 Å². The Morgan fingerprint density at radius 1 is 1.23 bits per heavy atom. The van der Waals surface area contributed by atoms with Crippen LogP contribution in [0.3, 0.4) is 0 Å². The van der Waals surface area contributed by atoms with E-state index in [9.17, 15) is 14.7 Å². The predicted molar refractivity (Wildman–Crippen MR) is 96.6 cm³/mol. The summed E-state index contributed by atoms with van der Waals surface area (Å²) in [6.07, 6.45) is 1.76. The SMILES string of the molecule is CC1CCC(c2ccc3c4n(nc3c2)CCN(C)C4)N(C(=O)C(=O)O)C1. The van der Waals surface area contributed by atoms with Crippen molar-refractivity contribution in [1.29, 1.82) is 0 Å². The molecular weight excluding hydrogens is 332 g/mol. The van der Waals surface area contributed by atoms with Crippen molar-refractivity contribution < 1.29 is 14.7 Å². The summed E-state index contributed by atoms with van der Waals surface area (Å²) in [5, 5.41) is 15.1. The van der Waals surface area contributed by atoms with Gasteiger partial charge in [0.1, 0.15) is 0 Å². The lowest BCUT2D eigenvalue weighted by molar-refractivity contribution is -0.158. The third-order valence-electron chi connectivity index (χ3n) is 5.63. The number of likely N-dealkylation sites (tertiary alicyclic amines) is 1. The first kappa shape index (κ1) is 17.0. The highest BCUT2D eigenvalue weighted by Crippen LogP contribution is 2.35. The van der Waals surface area contributed by atoms with Gasteiger partial charge in [0.2, 0.25) is 0 Å². The number of fused-ring (bicyclic) bond motifs is 3. The quantitative estimate of drug-likeness (QED) is 0.789. The number of amides is 1. The van der Waals surface area contributed by atoms with E-state index in [1.54, 1.807) is 0 Å². The van der Waals surface area contributed by atoms with Crippen LogP contribution >= 0.6 is 0 Å². The van der Waals surface area contributed by atoms with Gasteiger partial charge < -0.3 is 10.0 Å². The van der Waals surface area contributed by atoms with Gasteiger partial charge in [-0.15, -0.1) is 0 Å². The molecule has 1 aromatic heterocycles. The minimum absolute atomic E-state index is 0.194. The second-order valence-electron chi connectivity index (χ2n) is 7.65. The van der Waals surface area contributed by atoms with Gasteiger partial charge in [-0.25, -0.2) is 4.79 Å². The van der Waals surface area contributed by atoms with Gasteiger partial charge in [0.05, 0.1) is 23.8 Å². The van der Waals surface area contributed by atoms with Crippen molar-refractivity contribution >= 4 is 22.8 Å². The van der Waals surface area contributed by atoms with Gasteiger partial charge in [0.15, 0.2) is 0 Å². The van der Waals surface area contributed by atoms with Crippen molar-refractivity contribution in [3.05, 3.63) is 29.5 Å². The summed E-state index contributed by atoms with van der Waals surface area (Å²) in [6.45, 7) is 5.27. The summed E-state index contributed by atoms with van der Waals surface area (Å²) >= 11 is 0. The van der Waals surface area contributed by atoms with Crippen LogP contribution in [-0.4, -0.2) is 56.7 Å². The van der Waals surface area contributed by atoms with E-state index in [1.165, 1.54) is 10.6 Å². The van der Waals surface area contributed by atoms with Crippen LogP contribution in [0.25, 0.3) is 10.9 Å². The molecule has 2 atom stereocenters. The number of carbonyl (C=O) groups is 2. The summed E-state index contributed by atoms with van der Waals surface area (Å²) in [6, 6.07) is 5.94. The average molecular weight is 356 g/mol. The number of rotatable bonds is 1. The number of piperidine rings is 1. The summed E-state index contributed by atoms with van der Waals surface area (Å²) in [5.41, 5.74) is 3.12. The summed E-state index contributed by atoms with van der Waals surface area (Å²) in [4.78, 5) is 27.2. The van der Waals surface area contributed by atoms with Gasteiger partial charge in [-0.05, 0) is 37.4 Å². The summed E-state index contributed by atoms with van der Waals surface area (Å²) < 4.78 is 2.07. The fraction of sp³-hybridized carbons (Fsp3) is 0.526. The molecule has 2 aromatic rings. The second kappa shape index (κ2) is 6.39. The first-order valence-corrected chi connectivity index (χ1v) is 9.16. The second-order valence-corrected chi connectivity index (χ2v) is 7.65. The zero-order valence-electron chi connectivity index (χ0n) is 15.2. The number of carboxylic acids is 1. The van der Waals surface area contributed by atoms with Crippen LogP contribution in [0.2, 0.25) is 0 Å². The largest absolute Gasteiger partial charge is 0.474 e. The van der Waals surface area contributed by atoms with Gasteiger partial charge in [-0.1, -0.05) is 19.1 Å². The molecule has 0 aliphatic carbocycles. The van der Waals surface area contributed by atoms with Crippen LogP contribution in [0.4, 0.5) is 0 Å². The summed E-state index contributed by atoms with van der Waals surface area (Å²) in [5.74, 6) is -1.88. The Balaban J connectivity index is 1.71. The van der Waals surface area contributed by atoms with E-state index < -0.39 is 11.9 Å². The molecule has 3 heterocycles. The number of likely N-dealkylation sites (N-methyl/N-ethyl adjacent to an activating group) is 1. The number of benzene rings is 1. The van der Waals surface area contributed by atoms with E-state index in [-0.39, 0.29) is 6.04 Å². The van der Waals surface area contributed by atoms with E-state index in [0.717, 1.165) is 48.9 Å². The number of hydrogen-bond donors (Lipinski definition) is 1. The van der Waals surface area contributed by atoms with Gasteiger partial charge in [-0.2, -0.15) is 5.10 Å². The highest BCUT2D eigenvalue weighted by molar-refractivity contribution is 6.31. The number of aliphatic carboxylic acids is 1. The minimum atomic E-state index is -1.38. The Kier molecular flexibility index (Phi) is 4.19. The van der Waals surface area contributed by atoms with E-state index in [4.69, 9.17) is 5.10 Å². The van der Waals surface area contributed by atoms with Gasteiger partial charge in [0.25, 0.3) is 0 Å². The van der Waals surface area contributed by atoms with Gasteiger partial charge >= 0.3 is 11.9 Å². The van der Waals surface area contributed by atoms with Gasteiger partial charge in [0, 0.05) is 25.0 Å². The first-order chi connectivity index (χ1) is 12.4. The van der Waals surface area contributed by atoms with Crippen molar-refractivity contribution in [3.8, 4) is 0 Å². The predicted octanol–water partition coefficient (Wildman–Crippen LogP) is 1.87. The molecule has 4 rings (SSSR count). The molecule has 0 saturated carbocycles. The average Bonchev–Trinajstić information content (AvgIpc) is 2.97. The van der Waals surface area contributed by atoms with Crippen LogP contribution in [-0.2, 0) is 22.7 Å². The molecule has 1 saturated heterocycles. The highest BCUT2D eigenvalue weighted by Gasteiger charge is 2.34. The maximum absolute atomic E-state index is 12.2. The normalized spacial score (nSPS) is 23.8. The molecule has 0 radical (unpaired) electrons. The third-order valence-corrected chi connectivity index (χ3v) is 5.63. The monoisotopic (exact) mass is 356 g/mol. The molecule has 1 N–H and O–H groups in total. The zero-order valence-corrected chi connectivity index (χ0v) is 15.2. The molecule has 26 heavy (non-hydrogen) atoms. The molecule has 2 aliphatic rings. The first-order valence-electron chi connectivity index (χ1n) is 9.16. The van der Waals surface area contributed by atoms with Gasteiger partial charge in [-0.3, -0.25) is 14.4 Å². The Hall–Kier alpha value is -2.41. The number of nitrogens with zero attached hydrogens (tertiary/aromatic N) is 4. The molecule has 0 spiro atoms. The molecule has 1 fully saturated rings. The van der Waals surface area contributed by atoms with Crippen LogP contribution in [0.5, 0.6) is 0 Å². The molecule has 1 aromatic carbocycles. The van der Waals surface area contributed by atoms with Crippen LogP contribution in [0.15, 0.2) is 18.2 Å². The van der Waals surface area contributed by atoms with Crippen molar-refractivity contribution in [1.82, 2.24) is 19.6 Å². The fourth-order valence-corrected chi connectivity index (χ4v) is 4.21. The van der Waals surface area contributed by atoms with E-state index in [0.29, 0.717) is 12.5 Å². The van der Waals surface area contributed by atoms with Crippen LogP contribution in [0.1, 0.15) is 37.1 Å². The maximum atomic E-state index is 12.2. The number of carboxylic acid groups (broad SMARTS) is 1. The molecule has 1 amide bonds. The number of aromatic nitrogens is 2. The zero-order chi connectivity index (χ0) is 18.4. The molecule has 2 unspecified atom stereocenters. The minimum Gasteiger partial charge on any atom is -0.474 e. The smallest absolute Gasteiger partial charge is 0.394 e. The highest BCUT2D eigenvalue weighted by atomic mass is 16.4. The lowest BCUT2D eigenvalue weighted by Crippen LogP contribution is -2.44. The summed E-state index contributed by atoms with van der Waals surface area (Å²) in [7, 11) is 2.11. The standard InChI is InChI=1S/C19H24N4O3/c1-12-3-6-16(22(10-12)18(24)19(25)26)13-4-5-14-15(9-13)20-23-8-7-21(2)11-17(14)23/h4-5,9,12,16H,3,6-8,10-11H2,1-2H3,(H,25,26). The van der Waals surface area contributed by atoms with E-state index >= 15 is 0 Å². The lowest BCUT2D eigenvalue weighted by atomic mass is 9.89. The Labute approximate surface area is 152 Å². The molecule has 2 aliphatic heterocycles. The van der Waals surface area contributed by atoms with Crippen LogP contribution < -0.4 is 0 Å². The van der Waals surface area contributed by atoms with Crippen molar-refractivity contribution in [2.24, 2.45) is 5.92 Å². The van der Waals surface area contributed by atoms with Crippen LogP contribution in [0, 0.1) is 5.92 Å². The van der Waals surface area contributed by atoms with E-state index in [1.807, 2.05) is 12.1 Å². The molecule has 0 bridgehead atoms. The Morgan fingerprint density at radius 2 is 2.04 bits per heavy atom. The number of carbonyl (C=O) groups excluding carboxylic acids is 1. The maximum Gasteiger partial charge on any atom is 0.394 e. The molecular formula is C19H24N4O3.